The molecule has 0 saturated heterocycles. The maximum Gasteiger partial charge on any atom is 0.0797 e. The molecule has 2 nitrogen and oxygen atoms in total. The third-order valence-electron chi connectivity index (χ3n) is 3.77. The van der Waals surface area contributed by atoms with Gasteiger partial charge in [0.1, 0.15) is 0 Å². The molecule has 1 saturated carbocycles. The van der Waals surface area contributed by atoms with Gasteiger partial charge in [-0.3, -0.25) is 0 Å². The Kier molecular flexibility index (Phi) is 4.88. The minimum absolute atomic E-state index is 0.531. The van der Waals surface area contributed by atoms with E-state index in [9.17, 15) is 0 Å². The summed E-state index contributed by atoms with van der Waals surface area (Å²) in [5, 5.41) is 3.64. The van der Waals surface area contributed by atoms with Gasteiger partial charge < -0.3 is 5.32 Å². The van der Waals surface area contributed by atoms with Gasteiger partial charge in [0.25, 0.3) is 0 Å². The molecule has 17 heavy (non-hydrogen) atoms. The van der Waals surface area contributed by atoms with Crippen molar-refractivity contribution in [3.63, 3.8) is 0 Å². The summed E-state index contributed by atoms with van der Waals surface area (Å²) in [5.41, 5.74) is 3.16. The molecule has 1 fully saturated rings. The Hall–Kier alpha value is -0.0600. The molecular weight excluding hydrogens is 248 g/mol. The molecule has 1 aliphatic carbocycles. The highest BCUT2D eigenvalue weighted by Crippen LogP contribution is 2.39. The van der Waals surface area contributed by atoms with E-state index in [1.54, 1.807) is 11.3 Å². The largest absolute Gasteiger partial charge is 0.315 e. The number of thioether (sulfide) groups is 1. The highest BCUT2D eigenvalue weighted by atomic mass is 32.2. The van der Waals surface area contributed by atoms with Crippen LogP contribution in [-0.2, 0) is 6.42 Å². The first-order valence-corrected chi connectivity index (χ1v) is 8.51. The molecule has 1 N–H and O–H groups in total. The van der Waals surface area contributed by atoms with Crippen molar-refractivity contribution >= 4 is 23.1 Å². The molecule has 1 aliphatic rings. The second kappa shape index (κ2) is 6.21. The Morgan fingerprint density at radius 3 is 2.82 bits per heavy atom. The first-order valence-electron chi connectivity index (χ1n) is 6.41. The van der Waals surface area contributed by atoms with Gasteiger partial charge in [0.15, 0.2) is 0 Å². The summed E-state index contributed by atoms with van der Waals surface area (Å²) in [6.07, 6.45) is 9.00. The lowest BCUT2D eigenvalue weighted by Gasteiger charge is -2.27. The lowest BCUT2D eigenvalue weighted by Crippen LogP contribution is -2.36. The molecule has 1 heterocycles. The fourth-order valence-corrected chi connectivity index (χ4v) is 4.28. The topological polar surface area (TPSA) is 24.9 Å². The van der Waals surface area contributed by atoms with E-state index in [2.05, 4.69) is 35.2 Å². The van der Waals surface area contributed by atoms with Crippen LogP contribution in [0.15, 0.2) is 5.51 Å². The highest BCUT2D eigenvalue weighted by Gasteiger charge is 2.32. The van der Waals surface area contributed by atoms with E-state index in [-0.39, 0.29) is 0 Å². The van der Waals surface area contributed by atoms with Crippen LogP contribution in [-0.4, -0.2) is 29.1 Å². The van der Waals surface area contributed by atoms with E-state index in [1.165, 1.54) is 42.8 Å². The number of hydrogen-bond donors (Lipinski definition) is 1. The molecule has 96 valence electrons. The van der Waals surface area contributed by atoms with Crippen LogP contribution < -0.4 is 5.32 Å². The van der Waals surface area contributed by atoms with Gasteiger partial charge in [-0.1, -0.05) is 12.8 Å². The van der Waals surface area contributed by atoms with Crippen molar-refractivity contribution in [1.82, 2.24) is 10.3 Å². The zero-order chi connectivity index (χ0) is 12.1. The second-order valence-corrected chi connectivity index (χ2v) is 7.10. The van der Waals surface area contributed by atoms with Crippen LogP contribution in [0, 0.1) is 6.92 Å². The molecule has 1 aromatic heterocycles. The van der Waals surface area contributed by atoms with Gasteiger partial charge in [0.05, 0.1) is 11.2 Å². The summed E-state index contributed by atoms with van der Waals surface area (Å²) < 4.78 is 0.531. The van der Waals surface area contributed by atoms with E-state index in [1.807, 2.05) is 5.51 Å². The average Bonchev–Trinajstić information content (AvgIpc) is 2.95. The fraction of sp³-hybridized carbons (Fsp3) is 0.769. The minimum atomic E-state index is 0.531. The van der Waals surface area contributed by atoms with Crippen molar-refractivity contribution in [3.8, 4) is 0 Å². The predicted molar refractivity (Wildman–Crippen MR) is 78.1 cm³/mol. The average molecular weight is 270 g/mol. The van der Waals surface area contributed by atoms with Crippen molar-refractivity contribution in [3.05, 3.63) is 16.1 Å². The normalized spacial score (nSPS) is 18.7. The van der Waals surface area contributed by atoms with E-state index < -0.39 is 0 Å². The summed E-state index contributed by atoms with van der Waals surface area (Å²) in [6.45, 7) is 4.36. The van der Waals surface area contributed by atoms with Gasteiger partial charge in [-0.15, -0.1) is 11.3 Å². The monoisotopic (exact) mass is 270 g/mol. The molecule has 1 aromatic rings. The van der Waals surface area contributed by atoms with Gasteiger partial charge in [-0.25, -0.2) is 4.98 Å². The minimum Gasteiger partial charge on any atom is -0.315 e. The standard InChI is InChI=1S/C13H22N2S2/c1-11-12(17-10-15-11)5-8-14-9-13(16-2)6-3-4-7-13/h10,14H,3-9H2,1-2H3. The first-order chi connectivity index (χ1) is 8.26. The van der Waals surface area contributed by atoms with Crippen molar-refractivity contribution in [1.29, 1.82) is 0 Å². The maximum atomic E-state index is 4.29. The first kappa shape index (κ1) is 13.4. The molecule has 0 unspecified atom stereocenters. The van der Waals surface area contributed by atoms with Crippen molar-refractivity contribution < 1.29 is 0 Å². The third-order valence-corrected chi connectivity index (χ3v) is 6.18. The number of aromatic nitrogens is 1. The molecule has 2 rings (SSSR count). The fourth-order valence-electron chi connectivity index (χ4n) is 2.56. The van der Waals surface area contributed by atoms with Crippen LogP contribution in [0.1, 0.15) is 36.3 Å². The molecule has 0 aromatic carbocycles. The van der Waals surface area contributed by atoms with Crippen LogP contribution in [0.2, 0.25) is 0 Å². The third kappa shape index (κ3) is 3.46. The Morgan fingerprint density at radius 2 is 2.24 bits per heavy atom. The molecule has 0 bridgehead atoms. The number of thiazole rings is 1. The molecule has 0 spiro atoms. The van der Waals surface area contributed by atoms with Gasteiger partial charge in [0, 0.05) is 22.7 Å². The molecule has 0 radical (unpaired) electrons. The lowest BCUT2D eigenvalue weighted by atomic mass is 10.1. The Bertz CT molecular complexity index is 343. The van der Waals surface area contributed by atoms with Crippen LogP contribution in [0.25, 0.3) is 0 Å². The van der Waals surface area contributed by atoms with Crippen LogP contribution in [0.3, 0.4) is 0 Å². The lowest BCUT2D eigenvalue weighted by molar-refractivity contribution is 0.536. The smallest absolute Gasteiger partial charge is 0.0797 e. The number of rotatable bonds is 6. The maximum absolute atomic E-state index is 4.29. The van der Waals surface area contributed by atoms with Crippen LogP contribution in [0.5, 0.6) is 0 Å². The number of aryl methyl sites for hydroxylation is 1. The van der Waals surface area contributed by atoms with Gasteiger partial charge in [-0.2, -0.15) is 11.8 Å². The molecular formula is C13H22N2S2. The predicted octanol–water partition coefficient (Wildman–Crippen LogP) is 3.26. The highest BCUT2D eigenvalue weighted by molar-refractivity contribution is 8.00. The van der Waals surface area contributed by atoms with Crippen molar-refractivity contribution in [2.45, 2.75) is 43.8 Å². The summed E-state index contributed by atoms with van der Waals surface area (Å²) >= 11 is 3.84. The molecule has 0 atom stereocenters. The molecule has 0 aliphatic heterocycles. The molecule has 0 amide bonds. The van der Waals surface area contributed by atoms with Gasteiger partial charge >= 0.3 is 0 Å². The Morgan fingerprint density at radius 1 is 1.47 bits per heavy atom. The number of hydrogen-bond acceptors (Lipinski definition) is 4. The van der Waals surface area contributed by atoms with E-state index in [0.717, 1.165) is 13.0 Å². The number of nitrogens with zero attached hydrogens (tertiary/aromatic N) is 1. The van der Waals surface area contributed by atoms with Gasteiger partial charge in [0.2, 0.25) is 0 Å². The van der Waals surface area contributed by atoms with Crippen molar-refractivity contribution in [2.24, 2.45) is 0 Å². The summed E-state index contributed by atoms with van der Waals surface area (Å²) in [5.74, 6) is 0. The summed E-state index contributed by atoms with van der Waals surface area (Å²) in [7, 11) is 0. The quantitative estimate of drug-likeness (QED) is 0.803. The van der Waals surface area contributed by atoms with Crippen LogP contribution in [0.4, 0.5) is 0 Å². The zero-order valence-electron chi connectivity index (χ0n) is 10.8. The summed E-state index contributed by atoms with van der Waals surface area (Å²) in [4.78, 5) is 5.72. The summed E-state index contributed by atoms with van der Waals surface area (Å²) in [6, 6.07) is 0. The van der Waals surface area contributed by atoms with Crippen molar-refractivity contribution in [2.75, 3.05) is 19.3 Å². The Labute approximate surface area is 113 Å². The second-order valence-electron chi connectivity index (χ2n) is 4.88. The molecule has 4 heteroatoms. The zero-order valence-corrected chi connectivity index (χ0v) is 12.4. The van der Waals surface area contributed by atoms with E-state index in [4.69, 9.17) is 0 Å². The number of nitrogens with one attached hydrogen (secondary N) is 1. The van der Waals surface area contributed by atoms with E-state index in [0.29, 0.717) is 4.75 Å². The van der Waals surface area contributed by atoms with Crippen LogP contribution >= 0.6 is 23.1 Å². The van der Waals surface area contributed by atoms with E-state index >= 15 is 0 Å². The SMILES string of the molecule is CSC1(CNCCc2scnc2C)CCCC1. The van der Waals surface area contributed by atoms with Gasteiger partial charge in [-0.05, 0) is 32.4 Å². The Balaban J connectivity index is 1.71.